The summed E-state index contributed by atoms with van der Waals surface area (Å²) in [4.78, 5) is 11.7. The van der Waals surface area contributed by atoms with Crippen LogP contribution in [0.4, 0.5) is 4.79 Å². The summed E-state index contributed by atoms with van der Waals surface area (Å²) < 4.78 is 5.27. The maximum atomic E-state index is 11.7. The largest absolute Gasteiger partial charge is 0.444 e. The quantitative estimate of drug-likeness (QED) is 0.754. The van der Waals surface area contributed by atoms with Gasteiger partial charge in [-0.3, -0.25) is 0 Å². The van der Waals surface area contributed by atoms with Gasteiger partial charge >= 0.3 is 6.09 Å². The van der Waals surface area contributed by atoms with E-state index in [4.69, 9.17) is 4.74 Å². The number of carbonyl (C=O) groups is 1. The van der Waals surface area contributed by atoms with E-state index in [9.17, 15) is 4.79 Å². The lowest BCUT2D eigenvalue weighted by Gasteiger charge is -2.29. The number of alkyl carbamates (subject to hydrolysis) is 1. The second kappa shape index (κ2) is 7.87. The van der Waals surface area contributed by atoms with E-state index in [1.165, 1.54) is 19.3 Å². The number of carbonyl (C=O) groups excluding carboxylic acids is 1. The van der Waals surface area contributed by atoms with Crippen molar-refractivity contribution in [1.82, 2.24) is 10.6 Å². The predicted molar refractivity (Wildman–Crippen MR) is 82.8 cm³/mol. The molecule has 0 radical (unpaired) electrons. The Kier molecular flexibility index (Phi) is 6.80. The maximum absolute atomic E-state index is 11.7. The number of ether oxygens (including phenoxy) is 1. The monoisotopic (exact) mass is 284 g/mol. The molecule has 1 aliphatic carbocycles. The Hall–Kier alpha value is -0.770. The lowest BCUT2D eigenvalue weighted by atomic mass is 9.85. The van der Waals surface area contributed by atoms with Gasteiger partial charge in [-0.2, -0.15) is 0 Å². The highest BCUT2D eigenvalue weighted by Gasteiger charge is 2.21. The molecule has 1 amide bonds. The van der Waals surface area contributed by atoms with Crippen molar-refractivity contribution < 1.29 is 9.53 Å². The maximum Gasteiger partial charge on any atom is 0.407 e. The van der Waals surface area contributed by atoms with E-state index < -0.39 is 5.60 Å². The van der Waals surface area contributed by atoms with Crippen LogP contribution in [0.15, 0.2) is 0 Å². The van der Waals surface area contributed by atoms with E-state index in [-0.39, 0.29) is 6.09 Å². The van der Waals surface area contributed by atoms with Crippen LogP contribution >= 0.6 is 0 Å². The average molecular weight is 284 g/mol. The third kappa shape index (κ3) is 7.73. The summed E-state index contributed by atoms with van der Waals surface area (Å²) in [5.41, 5.74) is -0.434. The molecule has 1 rings (SSSR count). The van der Waals surface area contributed by atoms with Crippen LogP contribution in [0.3, 0.4) is 0 Å². The van der Waals surface area contributed by atoms with Crippen molar-refractivity contribution in [2.75, 3.05) is 13.1 Å². The first kappa shape index (κ1) is 17.3. The molecule has 1 saturated carbocycles. The molecule has 1 aliphatic rings. The van der Waals surface area contributed by atoms with Crippen molar-refractivity contribution in [3.8, 4) is 0 Å². The molecule has 0 bridgehead atoms. The zero-order valence-electron chi connectivity index (χ0n) is 13.8. The summed E-state index contributed by atoms with van der Waals surface area (Å²) in [7, 11) is 0. The Balaban J connectivity index is 2.29. The number of rotatable bonds is 7. The molecule has 0 aliphatic heterocycles. The van der Waals surface area contributed by atoms with E-state index in [1.54, 1.807) is 0 Å². The molecule has 4 nitrogen and oxygen atoms in total. The first-order valence-corrected chi connectivity index (χ1v) is 7.96. The van der Waals surface area contributed by atoms with Gasteiger partial charge in [0.1, 0.15) is 5.60 Å². The first-order chi connectivity index (χ1) is 9.26. The second-order valence-electron chi connectivity index (χ2n) is 7.41. The highest BCUT2D eigenvalue weighted by Crippen LogP contribution is 2.25. The minimum Gasteiger partial charge on any atom is -0.444 e. The molecule has 0 aromatic rings. The van der Waals surface area contributed by atoms with E-state index in [0.29, 0.717) is 18.5 Å². The SMILES string of the molecule is CC(C)CC(CNC(=O)OC(C)(C)C)NCC1CCC1. The predicted octanol–water partition coefficient (Wildman–Crippen LogP) is 3.32. The van der Waals surface area contributed by atoms with Gasteiger partial charge in [0.05, 0.1) is 0 Å². The van der Waals surface area contributed by atoms with Gasteiger partial charge < -0.3 is 15.4 Å². The molecule has 0 saturated heterocycles. The van der Waals surface area contributed by atoms with Crippen LogP contribution in [0, 0.1) is 11.8 Å². The molecule has 1 fully saturated rings. The lowest BCUT2D eigenvalue weighted by Crippen LogP contribution is -2.45. The van der Waals surface area contributed by atoms with E-state index in [1.807, 2.05) is 20.8 Å². The fourth-order valence-electron chi connectivity index (χ4n) is 2.36. The third-order valence-electron chi connectivity index (χ3n) is 3.57. The van der Waals surface area contributed by atoms with Crippen molar-refractivity contribution in [2.45, 2.75) is 71.9 Å². The minimum atomic E-state index is -0.434. The zero-order valence-corrected chi connectivity index (χ0v) is 13.8. The molecule has 1 unspecified atom stereocenters. The van der Waals surface area contributed by atoms with Crippen LogP contribution in [-0.2, 0) is 4.74 Å². The van der Waals surface area contributed by atoms with Crippen molar-refractivity contribution >= 4 is 6.09 Å². The van der Waals surface area contributed by atoms with Crippen LogP contribution in [0.5, 0.6) is 0 Å². The van der Waals surface area contributed by atoms with Crippen LogP contribution in [0.1, 0.15) is 60.3 Å². The van der Waals surface area contributed by atoms with Gasteiger partial charge in [-0.15, -0.1) is 0 Å². The van der Waals surface area contributed by atoms with Gasteiger partial charge in [-0.1, -0.05) is 20.3 Å². The Bertz CT molecular complexity index is 293. The highest BCUT2D eigenvalue weighted by molar-refractivity contribution is 5.67. The fourth-order valence-corrected chi connectivity index (χ4v) is 2.36. The van der Waals surface area contributed by atoms with Crippen LogP contribution < -0.4 is 10.6 Å². The van der Waals surface area contributed by atoms with Crippen LogP contribution in [-0.4, -0.2) is 30.8 Å². The number of hydrogen-bond acceptors (Lipinski definition) is 3. The normalized spacial score (nSPS) is 17.7. The standard InChI is InChI=1S/C16H32N2O2/c1-12(2)9-14(17-10-13-7-6-8-13)11-18-15(19)20-16(3,4)5/h12-14,17H,6-11H2,1-5H3,(H,18,19). The van der Waals surface area contributed by atoms with Gasteiger partial charge in [0.25, 0.3) is 0 Å². The molecular formula is C16H32N2O2. The number of amides is 1. The second-order valence-corrected chi connectivity index (χ2v) is 7.41. The Morgan fingerprint density at radius 3 is 2.40 bits per heavy atom. The molecule has 0 aromatic carbocycles. The Morgan fingerprint density at radius 1 is 1.30 bits per heavy atom. The fraction of sp³-hybridized carbons (Fsp3) is 0.938. The molecular weight excluding hydrogens is 252 g/mol. The van der Waals surface area contributed by atoms with Crippen molar-refractivity contribution in [1.29, 1.82) is 0 Å². The van der Waals surface area contributed by atoms with Crippen LogP contribution in [0.2, 0.25) is 0 Å². The zero-order chi connectivity index (χ0) is 15.2. The summed E-state index contributed by atoms with van der Waals surface area (Å²) in [5.74, 6) is 1.46. The molecule has 4 heteroatoms. The molecule has 0 heterocycles. The van der Waals surface area contributed by atoms with Gasteiger partial charge in [-0.25, -0.2) is 4.79 Å². The molecule has 0 spiro atoms. The summed E-state index contributed by atoms with van der Waals surface area (Å²) in [6, 6.07) is 0.336. The Morgan fingerprint density at radius 2 is 1.95 bits per heavy atom. The summed E-state index contributed by atoms with van der Waals surface area (Å²) >= 11 is 0. The van der Waals surface area contributed by atoms with Gasteiger partial charge in [0.2, 0.25) is 0 Å². The van der Waals surface area contributed by atoms with Crippen molar-refractivity contribution in [2.24, 2.45) is 11.8 Å². The molecule has 1 atom stereocenters. The van der Waals surface area contributed by atoms with Gasteiger partial charge in [-0.05, 0) is 58.4 Å². The lowest BCUT2D eigenvalue weighted by molar-refractivity contribution is 0.0520. The van der Waals surface area contributed by atoms with E-state index in [2.05, 4.69) is 24.5 Å². The third-order valence-corrected chi connectivity index (χ3v) is 3.57. The number of nitrogens with one attached hydrogen (secondary N) is 2. The average Bonchev–Trinajstić information content (AvgIpc) is 2.20. The molecule has 2 N–H and O–H groups in total. The van der Waals surface area contributed by atoms with Gasteiger partial charge in [0, 0.05) is 12.6 Å². The van der Waals surface area contributed by atoms with Crippen LogP contribution in [0.25, 0.3) is 0 Å². The first-order valence-electron chi connectivity index (χ1n) is 7.96. The molecule has 118 valence electrons. The van der Waals surface area contributed by atoms with E-state index >= 15 is 0 Å². The minimum absolute atomic E-state index is 0.322. The Labute approximate surface area is 124 Å². The van der Waals surface area contributed by atoms with E-state index in [0.717, 1.165) is 18.9 Å². The highest BCUT2D eigenvalue weighted by atomic mass is 16.6. The summed E-state index contributed by atoms with van der Waals surface area (Å²) in [6.07, 6.45) is 4.82. The van der Waals surface area contributed by atoms with Gasteiger partial charge in [0.15, 0.2) is 0 Å². The summed E-state index contributed by atoms with van der Waals surface area (Å²) in [5, 5.41) is 6.48. The smallest absolute Gasteiger partial charge is 0.407 e. The topological polar surface area (TPSA) is 50.4 Å². The molecule has 20 heavy (non-hydrogen) atoms. The van der Waals surface area contributed by atoms with Crippen molar-refractivity contribution in [3.63, 3.8) is 0 Å². The summed E-state index contributed by atoms with van der Waals surface area (Å²) in [6.45, 7) is 11.8. The number of hydrogen-bond donors (Lipinski definition) is 2. The van der Waals surface area contributed by atoms with Crippen molar-refractivity contribution in [3.05, 3.63) is 0 Å². The molecule has 0 aromatic heterocycles.